The van der Waals surface area contributed by atoms with E-state index in [1.54, 1.807) is 7.11 Å². The van der Waals surface area contributed by atoms with E-state index in [1.807, 2.05) is 31.2 Å². The number of carbonyl (C=O) groups excluding carboxylic acids is 1. The first kappa shape index (κ1) is 13.4. The van der Waals surface area contributed by atoms with Crippen LogP contribution < -0.4 is 4.74 Å². The molecule has 0 amide bonds. The SMILES string of the molecule is CCc1cc(C)n(Cc2ccc(OC)cc2)c1C=O. The summed E-state index contributed by atoms with van der Waals surface area (Å²) in [7, 11) is 1.66. The van der Waals surface area contributed by atoms with E-state index < -0.39 is 0 Å². The Morgan fingerprint density at radius 1 is 1.26 bits per heavy atom. The van der Waals surface area contributed by atoms with Crippen LogP contribution in [0.15, 0.2) is 30.3 Å². The van der Waals surface area contributed by atoms with Gasteiger partial charge in [0.2, 0.25) is 0 Å². The molecule has 1 aromatic carbocycles. The molecule has 0 saturated carbocycles. The summed E-state index contributed by atoms with van der Waals surface area (Å²) in [6.07, 6.45) is 1.83. The summed E-state index contributed by atoms with van der Waals surface area (Å²) in [6, 6.07) is 10.0. The predicted octanol–water partition coefficient (Wildman–Crippen LogP) is 3.23. The average molecular weight is 257 g/mol. The van der Waals surface area contributed by atoms with Crippen LogP contribution in [0.2, 0.25) is 0 Å². The largest absolute Gasteiger partial charge is 0.497 e. The Morgan fingerprint density at radius 3 is 2.47 bits per heavy atom. The van der Waals surface area contributed by atoms with Crippen LogP contribution in [0, 0.1) is 6.92 Å². The van der Waals surface area contributed by atoms with Gasteiger partial charge < -0.3 is 9.30 Å². The maximum Gasteiger partial charge on any atom is 0.166 e. The van der Waals surface area contributed by atoms with E-state index in [0.717, 1.165) is 41.0 Å². The first-order valence-electron chi connectivity index (χ1n) is 6.46. The highest BCUT2D eigenvalue weighted by Gasteiger charge is 2.11. The number of methoxy groups -OCH3 is 1. The quantitative estimate of drug-likeness (QED) is 0.770. The second-order valence-electron chi connectivity index (χ2n) is 4.60. The van der Waals surface area contributed by atoms with Crippen LogP contribution in [0.4, 0.5) is 0 Å². The van der Waals surface area contributed by atoms with E-state index in [0.29, 0.717) is 6.54 Å². The molecule has 0 fully saturated rings. The summed E-state index contributed by atoms with van der Waals surface area (Å²) in [5.74, 6) is 0.845. The van der Waals surface area contributed by atoms with Gasteiger partial charge in [-0.05, 0) is 42.7 Å². The molecule has 2 aromatic rings. The fourth-order valence-corrected chi connectivity index (χ4v) is 2.31. The normalized spacial score (nSPS) is 10.5. The van der Waals surface area contributed by atoms with Crippen LogP contribution >= 0.6 is 0 Å². The van der Waals surface area contributed by atoms with Crippen molar-refractivity contribution in [3.8, 4) is 5.75 Å². The summed E-state index contributed by atoms with van der Waals surface area (Å²) in [4.78, 5) is 11.3. The van der Waals surface area contributed by atoms with Gasteiger partial charge >= 0.3 is 0 Å². The second kappa shape index (κ2) is 5.74. The fourth-order valence-electron chi connectivity index (χ4n) is 2.31. The molecule has 100 valence electrons. The van der Waals surface area contributed by atoms with Gasteiger partial charge in [-0.2, -0.15) is 0 Å². The molecule has 0 unspecified atom stereocenters. The van der Waals surface area contributed by atoms with Crippen LogP contribution in [0.3, 0.4) is 0 Å². The van der Waals surface area contributed by atoms with E-state index in [-0.39, 0.29) is 0 Å². The number of hydrogen-bond donors (Lipinski definition) is 0. The van der Waals surface area contributed by atoms with Crippen LogP contribution in [-0.4, -0.2) is 18.0 Å². The Balaban J connectivity index is 2.31. The molecule has 2 rings (SSSR count). The van der Waals surface area contributed by atoms with Crippen LogP contribution in [0.5, 0.6) is 5.75 Å². The lowest BCUT2D eigenvalue weighted by Gasteiger charge is -2.10. The number of aldehydes is 1. The lowest BCUT2D eigenvalue weighted by Crippen LogP contribution is -2.06. The second-order valence-corrected chi connectivity index (χ2v) is 4.60. The number of ether oxygens (including phenoxy) is 1. The zero-order chi connectivity index (χ0) is 13.8. The zero-order valence-corrected chi connectivity index (χ0v) is 11.6. The Bertz CT molecular complexity index is 567. The highest BCUT2D eigenvalue weighted by atomic mass is 16.5. The van der Waals surface area contributed by atoms with E-state index in [9.17, 15) is 4.79 Å². The summed E-state index contributed by atoms with van der Waals surface area (Å²) < 4.78 is 7.21. The maximum atomic E-state index is 11.3. The van der Waals surface area contributed by atoms with Gasteiger partial charge in [0.05, 0.1) is 12.8 Å². The average Bonchev–Trinajstić information content (AvgIpc) is 2.75. The van der Waals surface area contributed by atoms with Gasteiger partial charge in [0.25, 0.3) is 0 Å². The third kappa shape index (κ3) is 2.70. The van der Waals surface area contributed by atoms with Gasteiger partial charge in [-0.1, -0.05) is 19.1 Å². The van der Waals surface area contributed by atoms with E-state index >= 15 is 0 Å². The first-order chi connectivity index (χ1) is 9.19. The number of nitrogens with zero attached hydrogens (tertiary/aromatic N) is 1. The Hall–Kier alpha value is -2.03. The number of rotatable bonds is 5. The predicted molar refractivity (Wildman–Crippen MR) is 76.0 cm³/mol. The maximum absolute atomic E-state index is 11.3. The number of hydrogen-bond acceptors (Lipinski definition) is 2. The summed E-state index contributed by atoms with van der Waals surface area (Å²) in [5, 5.41) is 0. The van der Waals surface area contributed by atoms with Gasteiger partial charge in [0.15, 0.2) is 6.29 Å². The fraction of sp³-hybridized carbons (Fsp3) is 0.312. The van der Waals surface area contributed by atoms with Crippen molar-refractivity contribution in [1.82, 2.24) is 4.57 Å². The molecule has 0 bridgehead atoms. The van der Waals surface area contributed by atoms with Crippen LogP contribution in [-0.2, 0) is 13.0 Å². The standard InChI is InChI=1S/C16H19NO2/c1-4-14-9-12(2)17(16(14)11-18)10-13-5-7-15(19-3)8-6-13/h5-9,11H,4,10H2,1-3H3. The van der Waals surface area contributed by atoms with E-state index in [4.69, 9.17) is 4.74 Å². The minimum absolute atomic E-state index is 0.712. The molecule has 0 atom stereocenters. The van der Waals surface area contributed by atoms with Crippen molar-refractivity contribution in [2.45, 2.75) is 26.8 Å². The van der Waals surface area contributed by atoms with Crippen molar-refractivity contribution in [1.29, 1.82) is 0 Å². The molecular formula is C16H19NO2. The highest BCUT2D eigenvalue weighted by Crippen LogP contribution is 2.18. The molecule has 0 aliphatic heterocycles. The van der Waals surface area contributed by atoms with Crippen molar-refractivity contribution in [3.05, 3.63) is 52.8 Å². The molecule has 0 saturated heterocycles. The highest BCUT2D eigenvalue weighted by molar-refractivity contribution is 5.75. The number of aromatic nitrogens is 1. The minimum Gasteiger partial charge on any atom is -0.497 e. The Morgan fingerprint density at radius 2 is 1.95 bits per heavy atom. The molecule has 1 heterocycles. The molecule has 0 spiro atoms. The van der Waals surface area contributed by atoms with Gasteiger partial charge in [-0.25, -0.2) is 0 Å². The smallest absolute Gasteiger partial charge is 0.166 e. The summed E-state index contributed by atoms with van der Waals surface area (Å²) in [5.41, 5.74) is 4.18. The Kier molecular flexibility index (Phi) is 4.05. The topological polar surface area (TPSA) is 31.2 Å². The molecule has 3 nitrogen and oxygen atoms in total. The third-order valence-corrected chi connectivity index (χ3v) is 3.42. The molecule has 0 aliphatic rings. The molecule has 0 radical (unpaired) electrons. The molecule has 19 heavy (non-hydrogen) atoms. The van der Waals surface area contributed by atoms with E-state index in [1.165, 1.54) is 0 Å². The molecule has 1 aromatic heterocycles. The van der Waals surface area contributed by atoms with Crippen molar-refractivity contribution in [2.75, 3.05) is 7.11 Å². The minimum atomic E-state index is 0.712. The number of carbonyl (C=O) groups is 1. The van der Waals surface area contributed by atoms with Crippen molar-refractivity contribution < 1.29 is 9.53 Å². The van der Waals surface area contributed by atoms with Crippen molar-refractivity contribution in [3.63, 3.8) is 0 Å². The Labute approximate surface area is 113 Å². The van der Waals surface area contributed by atoms with Crippen LogP contribution in [0.1, 0.15) is 34.2 Å². The lowest BCUT2D eigenvalue weighted by atomic mass is 10.2. The summed E-state index contributed by atoms with van der Waals surface area (Å²) >= 11 is 0. The molecular weight excluding hydrogens is 238 g/mol. The van der Waals surface area contributed by atoms with Gasteiger partial charge in [-0.15, -0.1) is 0 Å². The molecule has 3 heteroatoms. The number of aryl methyl sites for hydroxylation is 2. The van der Waals surface area contributed by atoms with Crippen molar-refractivity contribution >= 4 is 6.29 Å². The zero-order valence-electron chi connectivity index (χ0n) is 11.6. The molecule has 0 N–H and O–H groups in total. The van der Waals surface area contributed by atoms with Gasteiger partial charge in [-0.3, -0.25) is 4.79 Å². The lowest BCUT2D eigenvalue weighted by molar-refractivity contribution is 0.111. The monoisotopic (exact) mass is 257 g/mol. The van der Waals surface area contributed by atoms with Crippen molar-refractivity contribution in [2.24, 2.45) is 0 Å². The number of benzene rings is 1. The van der Waals surface area contributed by atoms with E-state index in [2.05, 4.69) is 17.6 Å². The third-order valence-electron chi connectivity index (χ3n) is 3.42. The molecule has 0 aliphatic carbocycles. The first-order valence-corrected chi connectivity index (χ1v) is 6.46. The summed E-state index contributed by atoms with van der Waals surface area (Å²) in [6.45, 7) is 4.82. The van der Waals surface area contributed by atoms with Crippen LogP contribution in [0.25, 0.3) is 0 Å². The van der Waals surface area contributed by atoms with Gasteiger partial charge in [0.1, 0.15) is 5.75 Å². The van der Waals surface area contributed by atoms with Gasteiger partial charge in [0, 0.05) is 12.2 Å².